The first-order valence-corrected chi connectivity index (χ1v) is 12.5. The monoisotopic (exact) mass is 506 g/mol. The summed E-state index contributed by atoms with van der Waals surface area (Å²) in [5.41, 5.74) is 2.13. The minimum absolute atomic E-state index is 0.0494. The van der Waals surface area contributed by atoms with Gasteiger partial charge in [0.2, 0.25) is 10.0 Å². The number of rotatable bonds is 8. The van der Waals surface area contributed by atoms with Gasteiger partial charge in [0.25, 0.3) is 0 Å². The normalized spacial score (nSPS) is 14.8. The summed E-state index contributed by atoms with van der Waals surface area (Å²) in [6, 6.07) is 19.8. The number of halogens is 2. The summed E-state index contributed by atoms with van der Waals surface area (Å²) in [5.74, 6) is 0.705. The molecule has 0 aliphatic carbocycles. The van der Waals surface area contributed by atoms with Gasteiger partial charge in [-0.3, -0.25) is 4.90 Å². The van der Waals surface area contributed by atoms with Crippen LogP contribution in [0.2, 0.25) is 10.0 Å². The molecule has 1 saturated heterocycles. The summed E-state index contributed by atoms with van der Waals surface area (Å²) in [5, 5.41) is 1.32. The van der Waals surface area contributed by atoms with E-state index >= 15 is 0 Å². The molecule has 1 aliphatic heterocycles. The van der Waals surface area contributed by atoms with Gasteiger partial charge < -0.3 is 9.47 Å². The van der Waals surface area contributed by atoms with Crippen molar-refractivity contribution in [2.75, 3.05) is 27.3 Å². The van der Waals surface area contributed by atoms with Crippen molar-refractivity contribution in [1.82, 2.24) is 9.62 Å². The standard InChI is InChI=1S/C24H24Cl2N2O4S/c1-31-21-11-12-22(32-2)23(13-21)33(29,30)27-20-14-28(15-20)24(16-3-7-18(25)8-4-16)17-5-9-19(26)10-6-17/h3-13,20,24,27H,14-15H2,1-2H3. The van der Waals surface area contributed by atoms with E-state index in [-0.39, 0.29) is 22.7 Å². The summed E-state index contributed by atoms with van der Waals surface area (Å²) in [7, 11) is -0.873. The van der Waals surface area contributed by atoms with Gasteiger partial charge in [0, 0.05) is 35.2 Å². The van der Waals surface area contributed by atoms with Crippen molar-refractivity contribution in [2.45, 2.75) is 17.0 Å². The third-order valence-corrected chi connectivity index (χ3v) is 7.67. The van der Waals surface area contributed by atoms with Gasteiger partial charge in [-0.15, -0.1) is 0 Å². The Hall–Kier alpha value is -2.29. The second-order valence-corrected chi connectivity index (χ2v) is 10.3. The lowest BCUT2D eigenvalue weighted by Gasteiger charge is -2.44. The van der Waals surface area contributed by atoms with Crippen LogP contribution in [-0.2, 0) is 10.0 Å². The maximum Gasteiger partial charge on any atom is 0.244 e. The van der Waals surface area contributed by atoms with Gasteiger partial charge in [0.15, 0.2) is 0 Å². The Morgan fingerprint density at radius 3 is 1.91 bits per heavy atom. The molecule has 3 aromatic rings. The maximum absolute atomic E-state index is 13.1. The largest absolute Gasteiger partial charge is 0.497 e. The van der Waals surface area contributed by atoms with Crippen LogP contribution in [0.1, 0.15) is 17.2 Å². The Kier molecular flexibility index (Phi) is 7.16. The molecule has 0 bridgehead atoms. The number of nitrogens with zero attached hydrogens (tertiary/aromatic N) is 1. The minimum Gasteiger partial charge on any atom is -0.497 e. The zero-order chi connectivity index (χ0) is 23.6. The van der Waals surface area contributed by atoms with Crippen LogP contribution in [0.5, 0.6) is 11.5 Å². The molecule has 4 rings (SSSR count). The van der Waals surface area contributed by atoms with E-state index in [1.807, 2.05) is 48.5 Å². The fourth-order valence-electron chi connectivity index (χ4n) is 3.98. The first-order chi connectivity index (χ1) is 15.8. The molecule has 0 aromatic heterocycles. The maximum atomic E-state index is 13.1. The van der Waals surface area contributed by atoms with Gasteiger partial charge in [-0.1, -0.05) is 47.5 Å². The third kappa shape index (κ3) is 5.28. The SMILES string of the molecule is COc1ccc(OC)c(S(=O)(=O)NC2CN(C(c3ccc(Cl)cc3)c3ccc(Cl)cc3)C2)c1. The lowest BCUT2D eigenvalue weighted by Crippen LogP contribution is -2.60. The predicted octanol–water partition coefficient (Wildman–Crippen LogP) is 4.76. The molecule has 1 fully saturated rings. The van der Waals surface area contributed by atoms with Crippen molar-refractivity contribution in [3.63, 3.8) is 0 Å². The van der Waals surface area contributed by atoms with Crippen molar-refractivity contribution in [3.05, 3.63) is 87.9 Å². The lowest BCUT2D eigenvalue weighted by molar-refractivity contribution is 0.105. The highest BCUT2D eigenvalue weighted by Crippen LogP contribution is 2.35. The minimum atomic E-state index is -3.80. The highest BCUT2D eigenvalue weighted by atomic mass is 35.5. The Balaban J connectivity index is 1.53. The van der Waals surface area contributed by atoms with Crippen LogP contribution in [0.4, 0.5) is 0 Å². The zero-order valence-corrected chi connectivity index (χ0v) is 20.5. The number of sulfonamides is 1. The molecule has 1 aliphatic rings. The summed E-state index contributed by atoms with van der Waals surface area (Å²) >= 11 is 12.2. The molecular weight excluding hydrogens is 483 g/mol. The van der Waals surface area contributed by atoms with Crippen LogP contribution >= 0.6 is 23.2 Å². The molecule has 0 spiro atoms. The number of hydrogen-bond donors (Lipinski definition) is 1. The summed E-state index contributed by atoms with van der Waals surface area (Å²) in [4.78, 5) is 2.26. The number of hydrogen-bond acceptors (Lipinski definition) is 5. The van der Waals surface area contributed by atoms with Crippen LogP contribution in [0.25, 0.3) is 0 Å². The van der Waals surface area contributed by atoms with E-state index in [0.717, 1.165) is 11.1 Å². The number of benzene rings is 3. The van der Waals surface area contributed by atoms with Crippen LogP contribution in [0.15, 0.2) is 71.6 Å². The predicted molar refractivity (Wildman–Crippen MR) is 130 cm³/mol. The molecule has 0 radical (unpaired) electrons. The van der Waals surface area contributed by atoms with E-state index in [1.165, 1.54) is 20.3 Å². The molecule has 0 unspecified atom stereocenters. The van der Waals surface area contributed by atoms with Crippen LogP contribution in [0, 0.1) is 0 Å². The Bertz CT molecular complexity index is 1170. The molecule has 9 heteroatoms. The van der Waals surface area contributed by atoms with Gasteiger partial charge >= 0.3 is 0 Å². The fraction of sp³-hybridized carbons (Fsp3) is 0.250. The van der Waals surface area contributed by atoms with E-state index in [2.05, 4.69) is 9.62 Å². The van der Waals surface area contributed by atoms with E-state index < -0.39 is 10.0 Å². The summed E-state index contributed by atoms with van der Waals surface area (Å²) < 4.78 is 39.4. The smallest absolute Gasteiger partial charge is 0.244 e. The van der Waals surface area contributed by atoms with Gasteiger partial charge in [-0.25, -0.2) is 13.1 Å². The first-order valence-electron chi connectivity index (χ1n) is 10.3. The van der Waals surface area contributed by atoms with Crippen LogP contribution in [-0.4, -0.2) is 46.7 Å². The topological polar surface area (TPSA) is 67.9 Å². The summed E-state index contributed by atoms with van der Waals surface area (Å²) in [6.07, 6.45) is 0. The van der Waals surface area contributed by atoms with Gasteiger partial charge in [0.1, 0.15) is 16.4 Å². The Labute approximate surface area is 204 Å². The number of nitrogens with one attached hydrogen (secondary N) is 1. The zero-order valence-electron chi connectivity index (χ0n) is 18.2. The first kappa shape index (κ1) is 23.9. The molecule has 1 N–H and O–H groups in total. The second-order valence-electron chi connectivity index (χ2n) is 7.79. The summed E-state index contributed by atoms with van der Waals surface area (Å²) in [6.45, 7) is 1.09. The molecule has 6 nitrogen and oxygen atoms in total. The molecule has 174 valence electrons. The van der Waals surface area contributed by atoms with Crippen molar-refractivity contribution >= 4 is 33.2 Å². The van der Waals surface area contributed by atoms with E-state index in [9.17, 15) is 8.42 Å². The van der Waals surface area contributed by atoms with Gasteiger partial charge in [-0.05, 0) is 47.5 Å². The van der Waals surface area contributed by atoms with Crippen molar-refractivity contribution < 1.29 is 17.9 Å². The quantitative estimate of drug-likeness (QED) is 0.476. The second kappa shape index (κ2) is 9.91. The average Bonchev–Trinajstić information content (AvgIpc) is 2.79. The molecular formula is C24H24Cl2N2O4S. The Morgan fingerprint density at radius 1 is 0.879 bits per heavy atom. The van der Waals surface area contributed by atoms with Crippen molar-refractivity contribution in [2.24, 2.45) is 0 Å². The van der Waals surface area contributed by atoms with E-state index in [0.29, 0.717) is 28.9 Å². The molecule has 0 atom stereocenters. The number of ether oxygens (including phenoxy) is 2. The third-order valence-electron chi connectivity index (χ3n) is 5.63. The molecule has 0 amide bonds. The van der Waals surface area contributed by atoms with Crippen LogP contribution < -0.4 is 14.2 Å². The van der Waals surface area contributed by atoms with Crippen LogP contribution in [0.3, 0.4) is 0 Å². The van der Waals surface area contributed by atoms with E-state index in [1.54, 1.807) is 12.1 Å². The number of likely N-dealkylation sites (tertiary alicyclic amines) is 1. The van der Waals surface area contributed by atoms with E-state index in [4.69, 9.17) is 32.7 Å². The van der Waals surface area contributed by atoms with Gasteiger partial charge in [-0.2, -0.15) is 0 Å². The highest BCUT2D eigenvalue weighted by molar-refractivity contribution is 7.89. The fourth-order valence-corrected chi connectivity index (χ4v) is 5.63. The lowest BCUT2D eigenvalue weighted by atomic mass is 9.93. The Morgan fingerprint density at radius 2 is 1.42 bits per heavy atom. The van der Waals surface area contributed by atoms with Crippen molar-refractivity contribution in [3.8, 4) is 11.5 Å². The van der Waals surface area contributed by atoms with Gasteiger partial charge in [0.05, 0.1) is 20.3 Å². The molecule has 1 heterocycles. The molecule has 0 saturated carbocycles. The van der Waals surface area contributed by atoms with Crippen molar-refractivity contribution in [1.29, 1.82) is 0 Å². The molecule has 3 aromatic carbocycles. The average molecular weight is 507 g/mol. The highest BCUT2D eigenvalue weighted by Gasteiger charge is 2.37. The molecule has 33 heavy (non-hydrogen) atoms. The number of methoxy groups -OCH3 is 2.